The lowest BCUT2D eigenvalue weighted by molar-refractivity contribution is 0.363. The highest BCUT2D eigenvalue weighted by Crippen LogP contribution is 2.22. The van der Waals surface area contributed by atoms with Crippen LogP contribution in [-0.4, -0.2) is 18.5 Å². The number of allylic oxidation sites excluding steroid dienone is 1. The normalized spacial score (nSPS) is 12.5. The van der Waals surface area contributed by atoms with Crippen molar-refractivity contribution in [3.8, 4) is 11.8 Å². The Morgan fingerprint density at radius 2 is 1.59 bits per heavy atom. The number of rotatable bonds is 4. The van der Waals surface area contributed by atoms with Gasteiger partial charge in [0.2, 0.25) is 0 Å². The van der Waals surface area contributed by atoms with Gasteiger partial charge in [0, 0.05) is 18.5 Å². The minimum absolute atomic E-state index is 0.0744. The third-order valence-electron chi connectivity index (χ3n) is 3.34. The maximum Gasteiger partial charge on any atom is 0.0233 e. The molecule has 0 spiro atoms. The first-order valence-corrected chi connectivity index (χ1v) is 8.03. The average Bonchev–Trinajstić information content (AvgIpc) is 2.36. The van der Waals surface area contributed by atoms with Gasteiger partial charge in [-0.1, -0.05) is 63.0 Å². The molecule has 0 atom stereocenters. The van der Waals surface area contributed by atoms with Gasteiger partial charge in [0.15, 0.2) is 0 Å². The Kier molecular flexibility index (Phi) is 6.45. The molecule has 22 heavy (non-hydrogen) atoms. The topological polar surface area (TPSA) is 3.24 Å². The number of likely N-dealkylation sites (N-methyl/N-ethyl adjacent to an activating group) is 1. The van der Waals surface area contributed by atoms with Crippen molar-refractivity contribution >= 4 is 0 Å². The standard InChI is InChI=1S/C21H31N/c1-20(2,3)15-9-8-10-16-22(7)17-18-11-13-19(14-12-18)21(4,5)6/h8,10-14H,16-17H2,1-7H3/b10-8+. The zero-order valence-electron chi connectivity index (χ0n) is 15.3. The van der Waals surface area contributed by atoms with E-state index < -0.39 is 0 Å². The highest BCUT2D eigenvalue weighted by molar-refractivity contribution is 5.27. The van der Waals surface area contributed by atoms with Crippen LogP contribution >= 0.6 is 0 Å². The van der Waals surface area contributed by atoms with E-state index in [4.69, 9.17) is 0 Å². The van der Waals surface area contributed by atoms with E-state index in [9.17, 15) is 0 Å². The second-order valence-corrected chi connectivity index (χ2v) is 8.07. The van der Waals surface area contributed by atoms with Gasteiger partial charge in [-0.05, 0) is 50.4 Å². The van der Waals surface area contributed by atoms with Crippen molar-refractivity contribution in [3.05, 3.63) is 47.5 Å². The van der Waals surface area contributed by atoms with Crippen molar-refractivity contribution in [1.82, 2.24) is 4.90 Å². The van der Waals surface area contributed by atoms with Crippen LogP contribution in [0.25, 0.3) is 0 Å². The summed E-state index contributed by atoms with van der Waals surface area (Å²) in [4.78, 5) is 2.29. The van der Waals surface area contributed by atoms with E-state index in [1.807, 2.05) is 6.08 Å². The molecule has 0 aliphatic rings. The fourth-order valence-corrected chi connectivity index (χ4v) is 2.04. The molecule has 0 aliphatic carbocycles. The molecule has 0 bridgehead atoms. The molecular weight excluding hydrogens is 266 g/mol. The monoisotopic (exact) mass is 297 g/mol. The molecule has 0 saturated carbocycles. The Morgan fingerprint density at radius 3 is 2.09 bits per heavy atom. The van der Waals surface area contributed by atoms with E-state index in [0.717, 1.165) is 13.1 Å². The maximum atomic E-state index is 3.21. The first-order chi connectivity index (χ1) is 10.1. The Morgan fingerprint density at radius 1 is 1.00 bits per heavy atom. The summed E-state index contributed by atoms with van der Waals surface area (Å²) in [5.74, 6) is 6.32. The third kappa shape index (κ3) is 7.48. The van der Waals surface area contributed by atoms with E-state index in [-0.39, 0.29) is 10.8 Å². The van der Waals surface area contributed by atoms with Crippen LogP contribution in [0.5, 0.6) is 0 Å². The van der Waals surface area contributed by atoms with E-state index in [0.29, 0.717) is 0 Å². The van der Waals surface area contributed by atoms with E-state index in [1.54, 1.807) is 0 Å². The van der Waals surface area contributed by atoms with Gasteiger partial charge in [-0.3, -0.25) is 4.90 Å². The summed E-state index contributed by atoms with van der Waals surface area (Å²) in [6.07, 6.45) is 4.09. The number of benzene rings is 1. The molecule has 1 aromatic carbocycles. The number of hydrogen-bond acceptors (Lipinski definition) is 1. The fourth-order valence-electron chi connectivity index (χ4n) is 2.04. The molecule has 120 valence electrons. The minimum atomic E-state index is 0.0744. The van der Waals surface area contributed by atoms with Crippen molar-refractivity contribution in [2.24, 2.45) is 5.41 Å². The molecule has 0 N–H and O–H groups in total. The van der Waals surface area contributed by atoms with Crippen LogP contribution < -0.4 is 0 Å². The number of hydrogen-bond donors (Lipinski definition) is 0. The Hall–Kier alpha value is -1.52. The first-order valence-electron chi connectivity index (χ1n) is 8.03. The van der Waals surface area contributed by atoms with Gasteiger partial charge in [-0.2, -0.15) is 0 Å². The summed E-state index contributed by atoms with van der Waals surface area (Å²) >= 11 is 0. The molecule has 0 saturated heterocycles. The van der Waals surface area contributed by atoms with Crippen LogP contribution in [-0.2, 0) is 12.0 Å². The Balaban J connectivity index is 2.50. The second-order valence-electron chi connectivity index (χ2n) is 8.07. The second kappa shape index (κ2) is 7.65. The largest absolute Gasteiger partial charge is 0.298 e. The molecule has 0 aromatic heterocycles. The molecule has 0 unspecified atom stereocenters. The van der Waals surface area contributed by atoms with Gasteiger partial charge in [-0.25, -0.2) is 0 Å². The average molecular weight is 297 g/mol. The van der Waals surface area contributed by atoms with Crippen LogP contribution in [0.4, 0.5) is 0 Å². The molecule has 0 heterocycles. The predicted octanol–water partition coefficient (Wildman–Crippen LogP) is 5.02. The summed E-state index contributed by atoms with van der Waals surface area (Å²) in [6.45, 7) is 15.0. The highest BCUT2D eigenvalue weighted by atomic mass is 15.1. The van der Waals surface area contributed by atoms with Gasteiger partial charge >= 0.3 is 0 Å². The molecule has 1 heteroatoms. The van der Waals surface area contributed by atoms with E-state index >= 15 is 0 Å². The summed E-state index contributed by atoms with van der Waals surface area (Å²) in [6, 6.07) is 8.96. The maximum absolute atomic E-state index is 3.21. The van der Waals surface area contributed by atoms with Crippen LogP contribution in [0.15, 0.2) is 36.4 Å². The van der Waals surface area contributed by atoms with Crippen LogP contribution in [0.3, 0.4) is 0 Å². The Bertz CT molecular complexity index is 539. The number of nitrogens with zero attached hydrogens (tertiary/aromatic N) is 1. The molecule has 0 radical (unpaired) electrons. The lowest BCUT2D eigenvalue weighted by atomic mass is 9.87. The third-order valence-corrected chi connectivity index (χ3v) is 3.34. The summed E-state index contributed by atoms with van der Waals surface area (Å²) in [5, 5.41) is 0. The van der Waals surface area contributed by atoms with Crippen molar-refractivity contribution in [2.45, 2.75) is 53.5 Å². The smallest absolute Gasteiger partial charge is 0.0233 e. The summed E-state index contributed by atoms with van der Waals surface area (Å²) in [7, 11) is 2.14. The van der Waals surface area contributed by atoms with Crippen molar-refractivity contribution in [1.29, 1.82) is 0 Å². The predicted molar refractivity (Wildman–Crippen MR) is 97.8 cm³/mol. The van der Waals surface area contributed by atoms with Crippen LogP contribution in [0.1, 0.15) is 52.7 Å². The summed E-state index contributed by atoms with van der Waals surface area (Å²) in [5.41, 5.74) is 3.03. The molecule has 1 rings (SSSR count). The van der Waals surface area contributed by atoms with Gasteiger partial charge in [0.1, 0.15) is 0 Å². The van der Waals surface area contributed by atoms with E-state index in [1.165, 1.54) is 11.1 Å². The Labute approximate surface area is 137 Å². The molecular formula is C21H31N. The highest BCUT2D eigenvalue weighted by Gasteiger charge is 2.12. The van der Waals surface area contributed by atoms with Crippen LogP contribution in [0.2, 0.25) is 0 Å². The zero-order valence-corrected chi connectivity index (χ0v) is 15.3. The molecule has 0 aliphatic heterocycles. The first kappa shape index (κ1) is 18.5. The molecule has 0 amide bonds. The molecule has 1 nitrogen and oxygen atoms in total. The van der Waals surface area contributed by atoms with Crippen LogP contribution in [0, 0.1) is 17.3 Å². The van der Waals surface area contributed by atoms with Crippen molar-refractivity contribution in [3.63, 3.8) is 0 Å². The van der Waals surface area contributed by atoms with E-state index in [2.05, 4.69) is 95.7 Å². The zero-order chi connectivity index (χ0) is 16.8. The van der Waals surface area contributed by atoms with Crippen molar-refractivity contribution in [2.75, 3.05) is 13.6 Å². The van der Waals surface area contributed by atoms with Gasteiger partial charge in [-0.15, -0.1) is 0 Å². The van der Waals surface area contributed by atoms with Crippen molar-refractivity contribution < 1.29 is 0 Å². The molecule has 0 fully saturated rings. The van der Waals surface area contributed by atoms with Gasteiger partial charge in [0.05, 0.1) is 0 Å². The quantitative estimate of drug-likeness (QED) is 0.705. The minimum Gasteiger partial charge on any atom is -0.298 e. The fraction of sp³-hybridized carbons (Fsp3) is 0.524. The summed E-state index contributed by atoms with van der Waals surface area (Å²) < 4.78 is 0. The van der Waals surface area contributed by atoms with Gasteiger partial charge < -0.3 is 0 Å². The van der Waals surface area contributed by atoms with Gasteiger partial charge in [0.25, 0.3) is 0 Å². The molecule has 1 aromatic rings. The lowest BCUT2D eigenvalue weighted by Crippen LogP contribution is -2.18. The lowest BCUT2D eigenvalue weighted by Gasteiger charge is -2.20. The SMILES string of the molecule is CN(C/C=C/C#CC(C)(C)C)Cc1ccc(C(C)(C)C)cc1.